The summed E-state index contributed by atoms with van der Waals surface area (Å²) in [5.74, 6) is -0.484. The number of benzene rings is 2. The van der Waals surface area contributed by atoms with Crippen LogP contribution in [0.25, 0.3) is 16.8 Å². The number of para-hydroxylation sites is 2. The van der Waals surface area contributed by atoms with Gasteiger partial charge in [-0.15, -0.1) is 0 Å². The minimum absolute atomic E-state index is 0.0157. The second kappa shape index (κ2) is 7.51. The number of rotatable bonds is 4. The summed E-state index contributed by atoms with van der Waals surface area (Å²) in [6, 6.07) is 17.2. The number of H-pyrrole nitrogens is 1. The van der Waals surface area contributed by atoms with Crippen molar-refractivity contribution in [2.45, 2.75) is 13.8 Å². The lowest BCUT2D eigenvalue weighted by atomic mass is 10.1. The van der Waals surface area contributed by atoms with Crippen molar-refractivity contribution in [2.24, 2.45) is 0 Å². The maximum atomic E-state index is 13.2. The number of amides is 1. The minimum atomic E-state index is -0.484. The number of anilines is 2. The van der Waals surface area contributed by atoms with E-state index in [0.717, 1.165) is 22.5 Å². The van der Waals surface area contributed by atoms with Gasteiger partial charge in [-0.2, -0.15) is 0 Å². The Labute approximate surface area is 174 Å². The van der Waals surface area contributed by atoms with Crippen LogP contribution < -0.4 is 15.8 Å². The van der Waals surface area contributed by atoms with Crippen LogP contribution in [0.1, 0.15) is 21.7 Å². The lowest BCUT2D eigenvalue weighted by molar-refractivity contribution is 0.102. The molecule has 0 fully saturated rings. The predicted octanol–water partition coefficient (Wildman–Crippen LogP) is 3.62. The van der Waals surface area contributed by atoms with Crippen LogP contribution in [0.15, 0.2) is 59.4 Å². The Morgan fingerprint density at radius 3 is 2.40 bits per heavy atom. The molecule has 0 saturated heterocycles. The second-order valence-corrected chi connectivity index (χ2v) is 7.38. The summed E-state index contributed by atoms with van der Waals surface area (Å²) in [7, 11) is 3.79. The summed E-state index contributed by atoms with van der Waals surface area (Å²) < 4.78 is 1.34. The van der Waals surface area contributed by atoms with E-state index in [1.807, 2.05) is 74.4 Å². The van der Waals surface area contributed by atoms with Crippen LogP contribution in [-0.4, -0.2) is 34.6 Å². The maximum Gasteiger partial charge on any atom is 0.285 e. The van der Waals surface area contributed by atoms with E-state index < -0.39 is 11.5 Å². The SMILES string of the molecule is Cc1nc2c(-c3ccccc3)c(C)[nH]n2c(=O)c1C(=O)Nc1ccccc1N(C)C. The highest BCUT2D eigenvalue weighted by Gasteiger charge is 2.22. The van der Waals surface area contributed by atoms with Crippen LogP contribution in [0.2, 0.25) is 0 Å². The zero-order valence-corrected chi connectivity index (χ0v) is 17.4. The molecule has 0 saturated carbocycles. The van der Waals surface area contributed by atoms with Gasteiger partial charge in [0, 0.05) is 25.4 Å². The smallest absolute Gasteiger partial charge is 0.285 e. The topological polar surface area (TPSA) is 82.5 Å². The van der Waals surface area contributed by atoms with E-state index in [1.165, 1.54) is 4.52 Å². The van der Waals surface area contributed by atoms with Crippen molar-refractivity contribution in [1.82, 2.24) is 14.6 Å². The van der Waals surface area contributed by atoms with Gasteiger partial charge in [-0.25, -0.2) is 9.50 Å². The van der Waals surface area contributed by atoms with Crippen molar-refractivity contribution in [1.29, 1.82) is 0 Å². The van der Waals surface area contributed by atoms with Gasteiger partial charge >= 0.3 is 0 Å². The van der Waals surface area contributed by atoms with Gasteiger partial charge in [-0.05, 0) is 31.5 Å². The summed E-state index contributed by atoms with van der Waals surface area (Å²) in [6.07, 6.45) is 0. The molecular weight excluding hydrogens is 378 g/mol. The van der Waals surface area contributed by atoms with Gasteiger partial charge in [-0.3, -0.25) is 14.7 Å². The number of carbonyl (C=O) groups is 1. The quantitative estimate of drug-likeness (QED) is 0.547. The highest BCUT2D eigenvalue weighted by molar-refractivity contribution is 6.06. The number of aromatic nitrogens is 3. The third-order valence-corrected chi connectivity index (χ3v) is 5.07. The van der Waals surface area contributed by atoms with Crippen LogP contribution in [-0.2, 0) is 0 Å². The molecule has 0 radical (unpaired) electrons. The first-order valence-electron chi connectivity index (χ1n) is 9.63. The molecule has 0 atom stereocenters. The number of hydrogen-bond donors (Lipinski definition) is 2. The van der Waals surface area contributed by atoms with E-state index in [2.05, 4.69) is 15.4 Å². The molecule has 2 aromatic carbocycles. The van der Waals surface area contributed by atoms with E-state index in [-0.39, 0.29) is 5.56 Å². The Bertz CT molecular complexity index is 1300. The van der Waals surface area contributed by atoms with Gasteiger partial charge < -0.3 is 10.2 Å². The number of aryl methyl sites for hydroxylation is 2. The predicted molar refractivity (Wildman–Crippen MR) is 119 cm³/mol. The van der Waals surface area contributed by atoms with Gasteiger partial charge in [0.05, 0.1) is 17.1 Å². The Kier molecular flexibility index (Phi) is 4.87. The molecule has 2 aromatic heterocycles. The number of nitrogens with one attached hydrogen (secondary N) is 2. The number of carbonyl (C=O) groups excluding carboxylic acids is 1. The average molecular weight is 401 g/mol. The summed E-state index contributed by atoms with van der Waals surface area (Å²) >= 11 is 0. The minimum Gasteiger partial charge on any atom is -0.376 e. The standard InChI is InChI=1S/C23H23N5O2/c1-14-20(22(29)25-17-12-8-9-13-18(17)27(3)4)23(30)28-21(24-14)19(15(2)26-28)16-10-6-5-7-11-16/h5-13,26H,1-4H3,(H,25,29). The Hall–Kier alpha value is -3.87. The van der Waals surface area contributed by atoms with Gasteiger partial charge in [0.25, 0.3) is 11.5 Å². The average Bonchev–Trinajstić information content (AvgIpc) is 3.05. The fraction of sp³-hybridized carbons (Fsp3) is 0.174. The summed E-state index contributed by atoms with van der Waals surface area (Å²) in [4.78, 5) is 32.8. The molecule has 30 heavy (non-hydrogen) atoms. The van der Waals surface area contributed by atoms with E-state index in [0.29, 0.717) is 17.0 Å². The highest BCUT2D eigenvalue weighted by Crippen LogP contribution is 2.27. The molecule has 7 nitrogen and oxygen atoms in total. The zero-order chi connectivity index (χ0) is 21.4. The summed E-state index contributed by atoms with van der Waals surface area (Å²) in [5, 5.41) is 5.92. The lowest BCUT2D eigenvalue weighted by Crippen LogP contribution is -2.29. The zero-order valence-electron chi connectivity index (χ0n) is 17.4. The van der Waals surface area contributed by atoms with Crippen molar-refractivity contribution in [3.05, 3.63) is 81.9 Å². The molecule has 4 rings (SSSR count). The fourth-order valence-corrected chi connectivity index (χ4v) is 3.66. The third kappa shape index (κ3) is 3.24. The first kappa shape index (κ1) is 19.4. The molecule has 0 bridgehead atoms. The molecule has 0 aliphatic rings. The van der Waals surface area contributed by atoms with Crippen molar-refractivity contribution in [3.63, 3.8) is 0 Å². The molecular formula is C23H23N5O2. The summed E-state index contributed by atoms with van der Waals surface area (Å²) in [5.41, 5.74) is 4.56. The van der Waals surface area contributed by atoms with E-state index in [4.69, 9.17) is 0 Å². The molecule has 1 amide bonds. The Morgan fingerprint density at radius 1 is 1.03 bits per heavy atom. The largest absolute Gasteiger partial charge is 0.376 e. The van der Waals surface area contributed by atoms with Crippen molar-refractivity contribution in [2.75, 3.05) is 24.3 Å². The second-order valence-electron chi connectivity index (χ2n) is 7.38. The molecule has 4 aromatic rings. The van der Waals surface area contributed by atoms with Gasteiger partial charge in [-0.1, -0.05) is 42.5 Å². The molecule has 2 heterocycles. The van der Waals surface area contributed by atoms with Crippen LogP contribution >= 0.6 is 0 Å². The maximum absolute atomic E-state index is 13.2. The Morgan fingerprint density at radius 2 is 1.70 bits per heavy atom. The van der Waals surface area contributed by atoms with E-state index in [9.17, 15) is 9.59 Å². The lowest BCUT2D eigenvalue weighted by Gasteiger charge is -2.17. The van der Waals surface area contributed by atoms with Crippen LogP contribution in [0.4, 0.5) is 11.4 Å². The number of fused-ring (bicyclic) bond motifs is 1. The van der Waals surface area contributed by atoms with Gasteiger partial charge in [0.15, 0.2) is 5.65 Å². The first-order chi connectivity index (χ1) is 14.4. The van der Waals surface area contributed by atoms with Crippen molar-refractivity contribution < 1.29 is 4.79 Å². The molecule has 0 spiro atoms. The first-order valence-corrected chi connectivity index (χ1v) is 9.63. The molecule has 0 unspecified atom stereocenters. The van der Waals surface area contributed by atoms with Crippen LogP contribution in [0, 0.1) is 13.8 Å². The highest BCUT2D eigenvalue weighted by atomic mass is 16.2. The molecule has 152 valence electrons. The molecule has 2 N–H and O–H groups in total. The van der Waals surface area contributed by atoms with E-state index in [1.54, 1.807) is 13.0 Å². The normalized spacial score (nSPS) is 10.9. The van der Waals surface area contributed by atoms with Gasteiger partial charge in [0.1, 0.15) is 5.56 Å². The van der Waals surface area contributed by atoms with Crippen LogP contribution in [0.5, 0.6) is 0 Å². The molecule has 7 heteroatoms. The summed E-state index contributed by atoms with van der Waals surface area (Å²) in [6.45, 7) is 3.57. The fourth-order valence-electron chi connectivity index (χ4n) is 3.66. The van der Waals surface area contributed by atoms with Crippen LogP contribution in [0.3, 0.4) is 0 Å². The number of aromatic amines is 1. The molecule has 0 aliphatic carbocycles. The van der Waals surface area contributed by atoms with Crippen molar-refractivity contribution in [3.8, 4) is 11.1 Å². The number of nitrogens with zero attached hydrogens (tertiary/aromatic N) is 3. The van der Waals surface area contributed by atoms with Crippen molar-refractivity contribution >= 4 is 22.9 Å². The Balaban J connectivity index is 1.82. The number of hydrogen-bond acceptors (Lipinski definition) is 4. The monoisotopic (exact) mass is 401 g/mol. The molecule has 0 aliphatic heterocycles. The van der Waals surface area contributed by atoms with E-state index >= 15 is 0 Å². The third-order valence-electron chi connectivity index (χ3n) is 5.07. The van der Waals surface area contributed by atoms with Gasteiger partial charge in [0.2, 0.25) is 0 Å².